The monoisotopic (exact) mass is 349 g/mol. The van der Waals surface area contributed by atoms with Crippen LogP contribution in [0.15, 0.2) is 37.2 Å². The molecular weight excluding hydrogens is 326 g/mol. The van der Waals surface area contributed by atoms with Gasteiger partial charge in [-0.25, -0.2) is 4.98 Å². The molecule has 1 aliphatic heterocycles. The highest BCUT2D eigenvalue weighted by Gasteiger charge is 2.26. The number of hydrogen-bond acceptors (Lipinski definition) is 6. The van der Waals surface area contributed by atoms with E-state index < -0.39 is 0 Å². The van der Waals surface area contributed by atoms with Gasteiger partial charge in [0.05, 0.1) is 23.3 Å². The average molecular weight is 349 g/mol. The zero-order valence-electron chi connectivity index (χ0n) is 15.2. The predicted octanol–water partition coefficient (Wildman–Crippen LogP) is 2.36. The quantitative estimate of drug-likeness (QED) is 0.720. The average Bonchev–Trinajstić information content (AvgIpc) is 3.01. The molecule has 0 aromatic carbocycles. The normalized spacial score (nSPS) is 18.2. The van der Waals surface area contributed by atoms with Crippen molar-refractivity contribution in [1.29, 1.82) is 0 Å². The molecule has 26 heavy (non-hydrogen) atoms. The van der Waals surface area contributed by atoms with Crippen LogP contribution in [0.1, 0.15) is 36.0 Å². The number of imidazole rings is 1. The Morgan fingerprint density at radius 3 is 2.65 bits per heavy atom. The molecule has 0 saturated carbocycles. The fraction of sp³-hybridized carbons (Fsp3) is 0.421. The van der Waals surface area contributed by atoms with E-state index in [0.717, 1.165) is 61.1 Å². The summed E-state index contributed by atoms with van der Waals surface area (Å²) in [6.45, 7) is 4.86. The molecule has 3 aromatic rings. The maximum atomic E-state index is 4.71. The van der Waals surface area contributed by atoms with Crippen molar-refractivity contribution in [2.45, 2.75) is 32.2 Å². The lowest BCUT2D eigenvalue weighted by molar-refractivity contribution is 0.196. The number of nitrogens with zero attached hydrogens (tertiary/aromatic N) is 7. The van der Waals surface area contributed by atoms with Crippen molar-refractivity contribution in [1.82, 2.24) is 34.4 Å². The van der Waals surface area contributed by atoms with Crippen LogP contribution in [0.2, 0.25) is 0 Å². The Morgan fingerprint density at radius 2 is 1.88 bits per heavy atom. The summed E-state index contributed by atoms with van der Waals surface area (Å²) in [5.74, 6) is 1.34. The van der Waals surface area contributed by atoms with Gasteiger partial charge in [0.2, 0.25) is 0 Å². The highest BCUT2D eigenvalue weighted by atomic mass is 15.1. The van der Waals surface area contributed by atoms with E-state index in [4.69, 9.17) is 4.98 Å². The first-order chi connectivity index (χ1) is 12.7. The molecule has 1 fully saturated rings. The van der Waals surface area contributed by atoms with Gasteiger partial charge in [-0.15, -0.1) is 0 Å². The molecule has 0 N–H and O–H groups in total. The van der Waals surface area contributed by atoms with E-state index in [2.05, 4.69) is 29.4 Å². The van der Waals surface area contributed by atoms with Crippen LogP contribution in [0, 0.1) is 6.92 Å². The summed E-state index contributed by atoms with van der Waals surface area (Å²) in [4.78, 5) is 24.8. The van der Waals surface area contributed by atoms with Crippen molar-refractivity contribution in [3.63, 3.8) is 0 Å². The Kier molecular flexibility index (Phi) is 4.71. The van der Waals surface area contributed by atoms with Gasteiger partial charge in [0, 0.05) is 57.0 Å². The highest BCUT2D eigenvalue weighted by molar-refractivity contribution is 5.58. The van der Waals surface area contributed by atoms with E-state index >= 15 is 0 Å². The first kappa shape index (κ1) is 16.8. The Morgan fingerprint density at radius 1 is 1.04 bits per heavy atom. The van der Waals surface area contributed by atoms with E-state index in [1.807, 2.05) is 26.4 Å². The minimum absolute atomic E-state index is 0.360. The lowest BCUT2D eigenvalue weighted by Gasteiger charge is -2.32. The van der Waals surface area contributed by atoms with Crippen LogP contribution < -0.4 is 0 Å². The Hall–Kier alpha value is -2.67. The maximum absolute atomic E-state index is 4.71. The molecule has 4 heterocycles. The summed E-state index contributed by atoms with van der Waals surface area (Å²) in [6.07, 6.45) is 13.0. The second kappa shape index (κ2) is 7.29. The van der Waals surface area contributed by atoms with Crippen LogP contribution in [0.3, 0.4) is 0 Å². The lowest BCUT2D eigenvalue weighted by Crippen LogP contribution is -2.34. The summed E-state index contributed by atoms with van der Waals surface area (Å²) in [5, 5.41) is 0. The van der Waals surface area contributed by atoms with E-state index in [-0.39, 0.29) is 0 Å². The van der Waals surface area contributed by atoms with E-state index in [9.17, 15) is 0 Å². The van der Waals surface area contributed by atoms with Crippen LogP contribution in [0.25, 0.3) is 11.4 Å². The van der Waals surface area contributed by atoms with Gasteiger partial charge in [-0.2, -0.15) is 0 Å². The fourth-order valence-corrected chi connectivity index (χ4v) is 3.63. The number of rotatable bonds is 4. The molecule has 7 nitrogen and oxygen atoms in total. The Labute approximate surface area is 153 Å². The van der Waals surface area contributed by atoms with Crippen molar-refractivity contribution >= 4 is 0 Å². The van der Waals surface area contributed by atoms with Crippen molar-refractivity contribution in [2.24, 2.45) is 7.05 Å². The molecular formula is C19H23N7. The van der Waals surface area contributed by atoms with Gasteiger partial charge in [-0.05, 0) is 26.3 Å². The first-order valence-electron chi connectivity index (χ1n) is 8.99. The van der Waals surface area contributed by atoms with Gasteiger partial charge >= 0.3 is 0 Å². The molecule has 1 atom stereocenters. The summed E-state index contributed by atoms with van der Waals surface area (Å²) in [6, 6.07) is 0. The van der Waals surface area contributed by atoms with Crippen LogP contribution in [0.4, 0.5) is 0 Å². The molecule has 3 aromatic heterocycles. The molecule has 134 valence electrons. The molecule has 0 amide bonds. The molecule has 0 aliphatic carbocycles. The molecule has 7 heteroatoms. The topological polar surface area (TPSA) is 72.6 Å². The summed E-state index contributed by atoms with van der Waals surface area (Å²) in [5.41, 5.74) is 4.05. The van der Waals surface area contributed by atoms with Gasteiger partial charge in [-0.3, -0.25) is 24.8 Å². The number of aryl methyl sites for hydroxylation is 1. The van der Waals surface area contributed by atoms with Crippen molar-refractivity contribution in [3.8, 4) is 11.4 Å². The largest absolute Gasteiger partial charge is 0.330 e. The second-order valence-electron chi connectivity index (χ2n) is 6.81. The fourth-order valence-electron chi connectivity index (χ4n) is 3.63. The molecule has 1 unspecified atom stereocenters. The first-order valence-corrected chi connectivity index (χ1v) is 8.99. The second-order valence-corrected chi connectivity index (χ2v) is 6.81. The lowest BCUT2D eigenvalue weighted by atomic mass is 9.92. The van der Waals surface area contributed by atoms with Crippen molar-refractivity contribution in [3.05, 3.63) is 54.4 Å². The number of hydrogen-bond donors (Lipinski definition) is 0. The SMILES string of the molecule is Cc1ncc(-c2nccnc2C2CCCN(Cc3cnccn3)C2)n1C. The summed E-state index contributed by atoms with van der Waals surface area (Å²) < 4.78 is 2.08. The van der Waals surface area contributed by atoms with Gasteiger partial charge in [0.15, 0.2) is 0 Å². The molecule has 1 saturated heterocycles. The smallest absolute Gasteiger partial charge is 0.110 e. The van der Waals surface area contributed by atoms with Crippen LogP contribution in [-0.4, -0.2) is 47.5 Å². The van der Waals surface area contributed by atoms with Crippen LogP contribution in [-0.2, 0) is 13.6 Å². The minimum Gasteiger partial charge on any atom is -0.330 e. The van der Waals surface area contributed by atoms with Gasteiger partial charge < -0.3 is 4.57 Å². The molecule has 0 bridgehead atoms. The summed E-state index contributed by atoms with van der Waals surface area (Å²) >= 11 is 0. The standard InChI is InChI=1S/C19H23N7/c1-14-24-11-17(25(14)2)19-18(22-7-8-23-19)15-4-3-9-26(12-15)13-16-10-20-5-6-21-16/h5-8,10-11,15H,3-4,9,12-13H2,1-2H3. The zero-order chi connectivity index (χ0) is 17.9. The maximum Gasteiger partial charge on any atom is 0.110 e. The third-order valence-corrected chi connectivity index (χ3v) is 5.08. The Bertz CT molecular complexity index is 875. The van der Waals surface area contributed by atoms with E-state index in [1.54, 1.807) is 24.8 Å². The predicted molar refractivity (Wildman–Crippen MR) is 98.3 cm³/mol. The number of piperidine rings is 1. The van der Waals surface area contributed by atoms with Crippen molar-refractivity contribution in [2.75, 3.05) is 13.1 Å². The zero-order valence-corrected chi connectivity index (χ0v) is 15.2. The van der Waals surface area contributed by atoms with Crippen LogP contribution in [0.5, 0.6) is 0 Å². The molecule has 4 rings (SSSR count). The summed E-state index contributed by atoms with van der Waals surface area (Å²) in [7, 11) is 2.03. The highest BCUT2D eigenvalue weighted by Crippen LogP contribution is 2.32. The number of likely N-dealkylation sites (tertiary alicyclic amines) is 1. The Balaban J connectivity index is 1.58. The van der Waals surface area contributed by atoms with Gasteiger partial charge in [0.1, 0.15) is 11.5 Å². The van der Waals surface area contributed by atoms with Gasteiger partial charge in [0.25, 0.3) is 0 Å². The third kappa shape index (κ3) is 3.35. The van der Waals surface area contributed by atoms with E-state index in [1.165, 1.54) is 0 Å². The number of aromatic nitrogens is 6. The third-order valence-electron chi connectivity index (χ3n) is 5.08. The van der Waals surface area contributed by atoms with Crippen molar-refractivity contribution < 1.29 is 0 Å². The minimum atomic E-state index is 0.360. The molecule has 0 spiro atoms. The van der Waals surface area contributed by atoms with Crippen LogP contribution >= 0.6 is 0 Å². The van der Waals surface area contributed by atoms with E-state index in [0.29, 0.717) is 5.92 Å². The molecule has 1 aliphatic rings. The van der Waals surface area contributed by atoms with Gasteiger partial charge in [-0.1, -0.05) is 0 Å². The molecule has 0 radical (unpaired) electrons.